The van der Waals surface area contributed by atoms with E-state index in [4.69, 9.17) is 14.9 Å². The number of rotatable bonds is 3. The molecule has 0 radical (unpaired) electrons. The van der Waals surface area contributed by atoms with Gasteiger partial charge in [-0.25, -0.2) is 9.37 Å². The van der Waals surface area contributed by atoms with Gasteiger partial charge in [-0.1, -0.05) is 6.07 Å². The molecule has 0 aliphatic rings. The molecule has 0 fully saturated rings. The molecule has 1 N–H and O–H groups in total. The molecule has 0 aliphatic heterocycles. The van der Waals surface area contributed by atoms with Gasteiger partial charge in [-0.15, -0.1) is 0 Å². The molecule has 1 heterocycles. The lowest BCUT2D eigenvalue weighted by molar-refractivity contribution is 0.611. The van der Waals surface area contributed by atoms with E-state index in [9.17, 15) is 4.39 Å². The van der Waals surface area contributed by atoms with Crippen molar-refractivity contribution in [3.05, 3.63) is 60.1 Å². The summed E-state index contributed by atoms with van der Waals surface area (Å²) in [6, 6.07) is 14.7. The van der Waals surface area contributed by atoms with Gasteiger partial charge in [0, 0.05) is 17.5 Å². The number of fused-ring (bicyclic) bond motifs is 1. The molecule has 0 unspecified atom stereocenters. The molecule has 0 amide bonds. The fraction of sp³-hybridized carbons (Fsp3) is 0. The molecular formula is C17H9FN4O. The van der Waals surface area contributed by atoms with E-state index in [-0.39, 0.29) is 11.4 Å². The van der Waals surface area contributed by atoms with E-state index in [0.29, 0.717) is 28.2 Å². The maximum atomic E-state index is 13.3. The van der Waals surface area contributed by atoms with Gasteiger partial charge in [-0.3, -0.25) is 0 Å². The molecule has 3 aromatic rings. The summed E-state index contributed by atoms with van der Waals surface area (Å²) in [7, 11) is 0. The first-order valence-corrected chi connectivity index (χ1v) is 6.63. The predicted molar refractivity (Wildman–Crippen MR) is 82.3 cm³/mol. The summed E-state index contributed by atoms with van der Waals surface area (Å²) in [6.07, 6.45) is 1.31. The minimum atomic E-state index is -0.363. The van der Waals surface area contributed by atoms with Crippen LogP contribution in [-0.2, 0) is 0 Å². The molecule has 0 bridgehead atoms. The van der Waals surface area contributed by atoms with E-state index in [1.807, 2.05) is 0 Å². The van der Waals surface area contributed by atoms with Crippen molar-refractivity contribution in [2.24, 2.45) is 0 Å². The molecule has 23 heavy (non-hydrogen) atoms. The topological polar surface area (TPSA) is 85.6 Å². The third kappa shape index (κ3) is 3.02. The number of oxazole rings is 1. The summed E-state index contributed by atoms with van der Waals surface area (Å²) in [5.41, 5.74) is 2.30. The third-order valence-corrected chi connectivity index (χ3v) is 3.08. The van der Waals surface area contributed by atoms with E-state index in [1.165, 1.54) is 18.3 Å². The van der Waals surface area contributed by atoms with Gasteiger partial charge in [-0.2, -0.15) is 10.5 Å². The molecule has 0 saturated carbocycles. The first-order valence-electron chi connectivity index (χ1n) is 6.63. The number of hydrogen-bond donors (Lipinski definition) is 1. The summed E-state index contributed by atoms with van der Waals surface area (Å²) in [4.78, 5) is 4.33. The summed E-state index contributed by atoms with van der Waals surface area (Å²) in [5, 5.41) is 20.2. The number of anilines is 1. The number of hydrogen-bond acceptors (Lipinski definition) is 5. The minimum absolute atomic E-state index is 0.0364. The van der Waals surface area contributed by atoms with Crippen molar-refractivity contribution >= 4 is 16.8 Å². The molecule has 0 saturated heterocycles. The number of allylic oxidation sites excluding steroid dienone is 1. The molecule has 5 nitrogen and oxygen atoms in total. The van der Waals surface area contributed by atoms with Gasteiger partial charge in [0.2, 0.25) is 5.89 Å². The van der Waals surface area contributed by atoms with Gasteiger partial charge in [0.25, 0.3) is 0 Å². The first kappa shape index (κ1) is 14.3. The van der Waals surface area contributed by atoms with Crippen LogP contribution >= 0.6 is 0 Å². The number of aromatic nitrogens is 1. The van der Waals surface area contributed by atoms with Crippen LogP contribution in [0.2, 0.25) is 0 Å². The zero-order valence-electron chi connectivity index (χ0n) is 11.7. The normalized spacial score (nSPS) is 9.87. The second-order valence-corrected chi connectivity index (χ2v) is 4.64. The molecule has 0 aliphatic carbocycles. The summed E-state index contributed by atoms with van der Waals surface area (Å²) < 4.78 is 18.9. The van der Waals surface area contributed by atoms with Crippen LogP contribution in [0.3, 0.4) is 0 Å². The Labute approximate surface area is 130 Å². The average Bonchev–Trinajstić information content (AvgIpc) is 2.99. The fourth-order valence-corrected chi connectivity index (χ4v) is 2.01. The third-order valence-electron chi connectivity index (χ3n) is 3.08. The predicted octanol–water partition coefficient (Wildman–Crippen LogP) is 3.98. The number of benzene rings is 2. The Bertz CT molecular complexity index is 976. The van der Waals surface area contributed by atoms with Crippen LogP contribution in [0.25, 0.3) is 22.6 Å². The Balaban J connectivity index is 1.94. The monoisotopic (exact) mass is 304 g/mol. The highest BCUT2D eigenvalue weighted by Crippen LogP contribution is 2.26. The van der Waals surface area contributed by atoms with E-state index >= 15 is 0 Å². The van der Waals surface area contributed by atoms with E-state index < -0.39 is 0 Å². The van der Waals surface area contributed by atoms with Crippen LogP contribution in [0.1, 0.15) is 0 Å². The molecule has 110 valence electrons. The van der Waals surface area contributed by atoms with Crippen LogP contribution < -0.4 is 5.32 Å². The lowest BCUT2D eigenvalue weighted by atomic mass is 10.2. The zero-order valence-corrected chi connectivity index (χ0v) is 11.7. The molecule has 0 atom stereocenters. The van der Waals surface area contributed by atoms with Gasteiger partial charge < -0.3 is 9.73 Å². The maximum absolute atomic E-state index is 13.3. The van der Waals surface area contributed by atoms with Gasteiger partial charge in [0.1, 0.15) is 29.0 Å². The standard InChI is InChI=1S/C17H9FN4O/c18-13-3-1-2-12(6-13)17-22-15-7-14(4-5-16(15)23-17)21-10-11(8-19)9-20/h1-7,10,21H. The Hall–Kier alpha value is -3.64. The average molecular weight is 304 g/mol. The molecule has 3 rings (SSSR count). The maximum Gasteiger partial charge on any atom is 0.227 e. The summed E-state index contributed by atoms with van der Waals surface area (Å²) in [5.74, 6) is -0.0419. The quantitative estimate of drug-likeness (QED) is 0.740. The van der Waals surface area contributed by atoms with Crippen molar-refractivity contribution in [1.82, 2.24) is 4.98 Å². The van der Waals surface area contributed by atoms with E-state index in [2.05, 4.69) is 10.3 Å². The van der Waals surface area contributed by atoms with Crippen LogP contribution in [-0.4, -0.2) is 4.98 Å². The lowest BCUT2D eigenvalue weighted by Crippen LogP contribution is -1.89. The first-order chi connectivity index (χ1) is 11.2. The Morgan fingerprint density at radius 1 is 1.17 bits per heavy atom. The number of nitriles is 2. The van der Waals surface area contributed by atoms with Gasteiger partial charge in [0.05, 0.1) is 0 Å². The van der Waals surface area contributed by atoms with Crippen LogP contribution in [0.5, 0.6) is 0 Å². The molecule has 0 spiro atoms. The van der Waals surface area contributed by atoms with Crippen molar-refractivity contribution < 1.29 is 8.81 Å². The van der Waals surface area contributed by atoms with Crippen LogP contribution in [0.4, 0.5) is 10.1 Å². The van der Waals surface area contributed by atoms with Crippen molar-refractivity contribution in [3.8, 4) is 23.6 Å². The van der Waals surface area contributed by atoms with Crippen molar-refractivity contribution in [2.45, 2.75) is 0 Å². The number of nitrogens with one attached hydrogen (secondary N) is 1. The van der Waals surface area contributed by atoms with Gasteiger partial charge in [-0.05, 0) is 36.4 Å². The highest BCUT2D eigenvalue weighted by Gasteiger charge is 2.09. The highest BCUT2D eigenvalue weighted by molar-refractivity contribution is 5.80. The number of nitrogens with zero attached hydrogens (tertiary/aromatic N) is 3. The van der Waals surface area contributed by atoms with Crippen LogP contribution in [0.15, 0.2) is 58.7 Å². The summed E-state index contributed by atoms with van der Waals surface area (Å²) in [6.45, 7) is 0. The Morgan fingerprint density at radius 2 is 2.00 bits per heavy atom. The minimum Gasteiger partial charge on any atom is -0.436 e. The number of halogens is 1. The summed E-state index contributed by atoms with van der Waals surface area (Å²) >= 11 is 0. The lowest BCUT2D eigenvalue weighted by Gasteiger charge is -1.98. The molecule has 6 heteroatoms. The Morgan fingerprint density at radius 3 is 2.74 bits per heavy atom. The zero-order chi connectivity index (χ0) is 16.2. The largest absolute Gasteiger partial charge is 0.436 e. The van der Waals surface area contributed by atoms with Crippen molar-refractivity contribution in [2.75, 3.05) is 5.32 Å². The van der Waals surface area contributed by atoms with E-state index in [1.54, 1.807) is 42.5 Å². The van der Waals surface area contributed by atoms with Crippen LogP contribution in [0, 0.1) is 28.5 Å². The van der Waals surface area contributed by atoms with Gasteiger partial charge in [0.15, 0.2) is 5.58 Å². The van der Waals surface area contributed by atoms with Crippen molar-refractivity contribution in [1.29, 1.82) is 10.5 Å². The molecule has 1 aromatic heterocycles. The highest BCUT2D eigenvalue weighted by atomic mass is 19.1. The van der Waals surface area contributed by atoms with Crippen molar-refractivity contribution in [3.63, 3.8) is 0 Å². The fourth-order valence-electron chi connectivity index (χ4n) is 2.01. The SMILES string of the molecule is N#CC(C#N)=CNc1ccc2oc(-c3cccc(F)c3)nc2c1. The molecule has 2 aromatic carbocycles. The second kappa shape index (κ2) is 6.00. The van der Waals surface area contributed by atoms with Gasteiger partial charge >= 0.3 is 0 Å². The smallest absolute Gasteiger partial charge is 0.227 e. The van der Waals surface area contributed by atoms with E-state index in [0.717, 1.165) is 0 Å². The molecular weight excluding hydrogens is 295 g/mol. The second-order valence-electron chi connectivity index (χ2n) is 4.64. The Kier molecular flexibility index (Phi) is 3.73.